The number of benzene rings is 2. The minimum atomic E-state index is -0.288. The van der Waals surface area contributed by atoms with E-state index in [1.165, 1.54) is 12.1 Å². The molecule has 0 amide bonds. The maximum absolute atomic E-state index is 13.3. The second-order valence-corrected chi connectivity index (χ2v) is 5.15. The Morgan fingerprint density at radius 1 is 1.10 bits per heavy atom. The van der Waals surface area contributed by atoms with Crippen LogP contribution in [-0.2, 0) is 13.2 Å². The zero-order valence-electron chi connectivity index (χ0n) is 11.5. The van der Waals surface area contributed by atoms with Gasteiger partial charge < -0.3 is 10.5 Å². The molecule has 2 N–H and O–H groups in total. The van der Waals surface area contributed by atoms with E-state index in [9.17, 15) is 4.39 Å². The lowest BCUT2D eigenvalue weighted by Gasteiger charge is -2.12. The van der Waals surface area contributed by atoms with Gasteiger partial charge >= 0.3 is 0 Å². The highest BCUT2D eigenvalue weighted by Gasteiger charge is 2.07. The summed E-state index contributed by atoms with van der Waals surface area (Å²) in [7, 11) is 0. The van der Waals surface area contributed by atoms with E-state index in [1.807, 2.05) is 26.0 Å². The minimum Gasteiger partial charge on any atom is -0.489 e. The molecule has 106 valence electrons. The van der Waals surface area contributed by atoms with Crippen molar-refractivity contribution >= 4 is 11.6 Å². The first-order valence-corrected chi connectivity index (χ1v) is 6.76. The fourth-order valence-electron chi connectivity index (χ4n) is 2.08. The smallest absolute Gasteiger partial charge is 0.123 e. The first kappa shape index (κ1) is 14.8. The van der Waals surface area contributed by atoms with Crippen LogP contribution in [0.1, 0.15) is 22.3 Å². The van der Waals surface area contributed by atoms with Crippen LogP contribution >= 0.6 is 11.6 Å². The fourth-order valence-corrected chi connectivity index (χ4v) is 2.19. The second-order valence-electron chi connectivity index (χ2n) is 4.78. The van der Waals surface area contributed by atoms with Gasteiger partial charge in [0.2, 0.25) is 0 Å². The van der Waals surface area contributed by atoms with Gasteiger partial charge in [-0.2, -0.15) is 0 Å². The third kappa shape index (κ3) is 3.30. The van der Waals surface area contributed by atoms with Crippen molar-refractivity contribution in [1.82, 2.24) is 0 Å². The Morgan fingerprint density at radius 3 is 2.35 bits per heavy atom. The molecule has 0 unspecified atom stereocenters. The third-order valence-corrected chi connectivity index (χ3v) is 3.79. The van der Waals surface area contributed by atoms with Gasteiger partial charge in [-0.05, 0) is 60.4 Å². The molecule has 0 saturated heterocycles. The quantitative estimate of drug-likeness (QED) is 0.920. The van der Waals surface area contributed by atoms with E-state index in [0.717, 1.165) is 33.0 Å². The summed E-state index contributed by atoms with van der Waals surface area (Å²) in [6.07, 6.45) is 0. The first-order chi connectivity index (χ1) is 9.51. The summed E-state index contributed by atoms with van der Waals surface area (Å²) in [5, 5.41) is 0.741. The maximum Gasteiger partial charge on any atom is 0.123 e. The average molecular weight is 294 g/mol. The van der Waals surface area contributed by atoms with Crippen molar-refractivity contribution in [1.29, 1.82) is 0 Å². The molecule has 0 atom stereocenters. The molecule has 0 heterocycles. The number of hydrogen-bond acceptors (Lipinski definition) is 2. The van der Waals surface area contributed by atoms with Crippen LogP contribution in [0.4, 0.5) is 4.39 Å². The van der Waals surface area contributed by atoms with Crippen molar-refractivity contribution in [3.05, 3.63) is 63.4 Å². The van der Waals surface area contributed by atoms with E-state index >= 15 is 0 Å². The van der Waals surface area contributed by atoms with Crippen LogP contribution in [0, 0.1) is 19.7 Å². The molecule has 0 fully saturated rings. The van der Waals surface area contributed by atoms with Crippen LogP contribution in [-0.4, -0.2) is 0 Å². The highest BCUT2D eigenvalue weighted by Crippen LogP contribution is 2.26. The summed E-state index contributed by atoms with van der Waals surface area (Å²) in [4.78, 5) is 0. The van der Waals surface area contributed by atoms with Gasteiger partial charge in [0, 0.05) is 11.6 Å². The summed E-state index contributed by atoms with van der Waals surface area (Å²) in [5.41, 5.74) is 9.20. The molecular weight excluding hydrogens is 277 g/mol. The van der Waals surface area contributed by atoms with Crippen LogP contribution in [0.2, 0.25) is 5.02 Å². The average Bonchev–Trinajstić information content (AvgIpc) is 2.42. The number of ether oxygens (including phenoxy) is 1. The maximum atomic E-state index is 13.3. The normalized spacial score (nSPS) is 10.7. The number of hydrogen-bond donors (Lipinski definition) is 1. The zero-order chi connectivity index (χ0) is 14.7. The number of aryl methyl sites for hydroxylation is 2. The van der Waals surface area contributed by atoms with Crippen LogP contribution in [0.25, 0.3) is 0 Å². The highest BCUT2D eigenvalue weighted by atomic mass is 35.5. The van der Waals surface area contributed by atoms with Gasteiger partial charge in [0.05, 0.1) is 0 Å². The summed E-state index contributed by atoms with van der Waals surface area (Å²) < 4.78 is 19.0. The highest BCUT2D eigenvalue weighted by molar-refractivity contribution is 6.32. The molecule has 0 aliphatic rings. The van der Waals surface area contributed by atoms with Gasteiger partial charge in [0.1, 0.15) is 18.2 Å². The molecule has 0 aliphatic heterocycles. The molecule has 0 aromatic heterocycles. The van der Waals surface area contributed by atoms with Crippen LogP contribution in [0.5, 0.6) is 5.75 Å². The molecule has 0 spiro atoms. The summed E-state index contributed by atoms with van der Waals surface area (Å²) in [6, 6.07) is 8.29. The summed E-state index contributed by atoms with van der Waals surface area (Å²) in [5.74, 6) is 0.431. The molecule has 4 heteroatoms. The predicted octanol–water partition coefficient (Wildman–Crippen LogP) is 4.13. The van der Waals surface area contributed by atoms with E-state index in [-0.39, 0.29) is 12.4 Å². The van der Waals surface area contributed by atoms with Crippen molar-refractivity contribution in [3.63, 3.8) is 0 Å². The Balaban J connectivity index is 2.18. The van der Waals surface area contributed by atoms with E-state index in [4.69, 9.17) is 22.1 Å². The number of rotatable bonds is 4. The van der Waals surface area contributed by atoms with Crippen LogP contribution in [0.15, 0.2) is 30.3 Å². The van der Waals surface area contributed by atoms with Gasteiger partial charge in [0.15, 0.2) is 0 Å². The minimum absolute atomic E-state index is 0.283. The molecule has 0 aliphatic carbocycles. The molecule has 2 aromatic rings. The Morgan fingerprint density at radius 2 is 1.75 bits per heavy atom. The monoisotopic (exact) mass is 293 g/mol. The third-order valence-electron chi connectivity index (χ3n) is 3.19. The van der Waals surface area contributed by atoms with Gasteiger partial charge in [-0.1, -0.05) is 17.7 Å². The molecule has 0 saturated carbocycles. The lowest BCUT2D eigenvalue weighted by Crippen LogP contribution is -2.05. The first-order valence-electron chi connectivity index (χ1n) is 6.38. The van der Waals surface area contributed by atoms with Gasteiger partial charge in [-0.25, -0.2) is 4.39 Å². The molecular formula is C16H17ClFNO. The topological polar surface area (TPSA) is 35.2 Å². The van der Waals surface area contributed by atoms with E-state index in [1.54, 1.807) is 6.07 Å². The van der Waals surface area contributed by atoms with E-state index < -0.39 is 0 Å². The van der Waals surface area contributed by atoms with Gasteiger partial charge in [0.25, 0.3) is 0 Å². The Kier molecular flexibility index (Phi) is 4.63. The lowest BCUT2D eigenvalue weighted by atomic mass is 10.1. The Bertz CT molecular complexity index is 605. The molecule has 0 bridgehead atoms. The van der Waals surface area contributed by atoms with Crippen LogP contribution < -0.4 is 10.5 Å². The predicted molar refractivity (Wildman–Crippen MR) is 79.5 cm³/mol. The van der Waals surface area contributed by atoms with Gasteiger partial charge in [-0.3, -0.25) is 0 Å². The standard InChI is InChI=1S/C16H17ClFNO/c1-10-5-15(6-11(2)16(10)17)20-9-13-7-14(18)4-3-12(13)8-19/h3-7H,8-9,19H2,1-2H3. The Hall–Kier alpha value is -1.58. The summed E-state index contributed by atoms with van der Waals surface area (Å²) >= 11 is 6.11. The Labute approximate surface area is 123 Å². The largest absolute Gasteiger partial charge is 0.489 e. The number of nitrogens with two attached hydrogens (primary N) is 1. The molecule has 2 nitrogen and oxygen atoms in total. The molecule has 20 heavy (non-hydrogen) atoms. The van der Waals surface area contributed by atoms with Crippen molar-refractivity contribution in [2.45, 2.75) is 27.0 Å². The van der Waals surface area contributed by atoms with Crippen LogP contribution in [0.3, 0.4) is 0 Å². The molecule has 2 aromatic carbocycles. The van der Waals surface area contributed by atoms with Crippen molar-refractivity contribution in [3.8, 4) is 5.75 Å². The summed E-state index contributed by atoms with van der Waals surface area (Å²) in [6.45, 7) is 4.49. The zero-order valence-corrected chi connectivity index (χ0v) is 12.3. The van der Waals surface area contributed by atoms with Crippen molar-refractivity contribution in [2.75, 3.05) is 0 Å². The SMILES string of the molecule is Cc1cc(OCc2cc(F)ccc2CN)cc(C)c1Cl. The second kappa shape index (κ2) is 6.25. The van der Waals surface area contributed by atoms with Gasteiger partial charge in [-0.15, -0.1) is 0 Å². The van der Waals surface area contributed by atoms with E-state index in [0.29, 0.717) is 6.54 Å². The van der Waals surface area contributed by atoms with E-state index in [2.05, 4.69) is 0 Å². The molecule has 2 rings (SSSR count). The van der Waals surface area contributed by atoms with Crippen molar-refractivity contribution in [2.24, 2.45) is 5.73 Å². The van der Waals surface area contributed by atoms with Crippen molar-refractivity contribution < 1.29 is 9.13 Å². The number of halogens is 2. The molecule has 0 radical (unpaired) electrons. The lowest BCUT2D eigenvalue weighted by molar-refractivity contribution is 0.304. The fraction of sp³-hybridized carbons (Fsp3) is 0.250.